The van der Waals surface area contributed by atoms with Crippen molar-refractivity contribution in [1.29, 1.82) is 5.26 Å². The summed E-state index contributed by atoms with van der Waals surface area (Å²) < 4.78 is 0. The molecule has 0 unspecified atom stereocenters. The lowest BCUT2D eigenvalue weighted by Gasteiger charge is -2.07. The van der Waals surface area contributed by atoms with Crippen LogP contribution in [0.25, 0.3) is 0 Å². The zero-order valence-electron chi connectivity index (χ0n) is 9.97. The maximum atomic E-state index is 12.0. The molecule has 0 atom stereocenters. The fourth-order valence-corrected chi connectivity index (χ4v) is 1.84. The molecule has 0 aromatic carbocycles. The molecule has 1 N–H and O–H groups in total. The van der Waals surface area contributed by atoms with Crippen LogP contribution in [0.2, 0.25) is 10.2 Å². The van der Waals surface area contributed by atoms with Crippen LogP contribution in [0.3, 0.4) is 0 Å². The first kappa shape index (κ1) is 14.2. The fraction of sp³-hybridized carbons (Fsp3) is 0.0833. The summed E-state index contributed by atoms with van der Waals surface area (Å²) in [6.07, 6.45) is 4.27. The predicted octanol–water partition coefficient (Wildman–Crippen LogP) is 1.98. The largest absolute Gasteiger partial charge is 0.346 e. The van der Waals surface area contributed by atoms with E-state index in [0.29, 0.717) is 5.69 Å². The number of carbonyl (C=O) groups excluding carboxylic acids is 1. The third-order valence-corrected chi connectivity index (χ3v) is 3.08. The number of pyridine rings is 1. The Bertz CT molecular complexity index is 698. The number of nitrogens with one attached hydrogen (secondary N) is 1. The summed E-state index contributed by atoms with van der Waals surface area (Å²) >= 11 is 11.7. The van der Waals surface area contributed by atoms with Gasteiger partial charge in [-0.05, 0) is 6.07 Å². The Hall–Kier alpha value is -2.23. The lowest BCUT2D eigenvalue weighted by atomic mass is 10.2. The van der Waals surface area contributed by atoms with Gasteiger partial charge in [-0.25, -0.2) is 9.97 Å². The summed E-state index contributed by atoms with van der Waals surface area (Å²) in [6, 6.07) is 3.23. The Kier molecular flexibility index (Phi) is 4.45. The van der Waals surface area contributed by atoms with E-state index in [4.69, 9.17) is 28.5 Å². The second-order valence-corrected chi connectivity index (χ2v) is 4.35. The molecular formula is C12H7Cl2N5O. The highest BCUT2D eigenvalue weighted by Crippen LogP contribution is 2.18. The van der Waals surface area contributed by atoms with Gasteiger partial charge in [0.2, 0.25) is 0 Å². The zero-order chi connectivity index (χ0) is 14.5. The number of amides is 1. The Labute approximate surface area is 124 Å². The van der Waals surface area contributed by atoms with Crippen LogP contribution in [0.1, 0.15) is 21.7 Å². The number of nitriles is 1. The summed E-state index contributed by atoms with van der Waals surface area (Å²) in [5.41, 5.74) is 0.600. The number of hydrogen-bond donors (Lipinski definition) is 1. The van der Waals surface area contributed by atoms with Crippen molar-refractivity contribution >= 4 is 29.1 Å². The first-order valence-electron chi connectivity index (χ1n) is 5.41. The monoisotopic (exact) mass is 307 g/mol. The maximum Gasteiger partial charge on any atom is 0.253 e. The number of carbonyl (C=O) groups is 1. The van der Waals surface area contributed by atoms with Gasteiger partial charge in [0.15, 0.2) is 10.8 Å². The zero-order valence-corrected chi connectivity index (χ0v) is 11.5. The van der Waals surface area contributed by atoms with Crippen LogP contribution in [0.4, 0.5) is 0 Å². The van der Waals surface area contributed by atoms with Gasteiger partial charge in [0.1, 0.15) is 6.07 Å². The number of halogens is 2. The van der Waals surface area contributed by atoms with E-state index in [2.05, 4.69) is 20.3 Å². The molecule has 20 heavy (non-hydrogen) atoms. The fourth-order valence-electron chi connectivity index (χ4n) is 1.42. The van der Waals surface area contributed by atoms with Crippen LogP contribution < -0.4 is 5.32 Å². The van der Waals surface area contributed by atoms with Crippen LogP contribution in [0.15, 0.2) is 24.7 Å². The molecule has 0 saturated carbocycles. The van der Waals surface area contributed by atoms with Gasteiger partial charge in [-0.15, -0.1) is 0 Å². The highest BCUT2D eigenvalue weighted by molar-refractivity contribution is 6.34. The van der Waals surface area contributed by atoms with Gasteiger partial charge in [0.05, 0.1) is 22.8 Å². The van der Waals surface area contributed by atoms with E-state index in [1.165, 1.54) is 24.7 Å². The van der Waals surface area contributed by atoms with Gasteiger partial charge in [0, 0.05) is 18.6 Å². The quantitative estimate of drug-likeness (QED) is 0.936. The SMILES string of the molecule is N#Cc1nccc(C(=O)NCc2nccnc2Cl)c1Cl. The summed E-state index contributed by atoms with van der Waals surface area (Å²) in [6.45, 7) is 0.103. The molecule has 0 radical (unpaired) electrons. The first-order valence-corrected chi connectivity index (χ1v) is 6.17. The summed E-state index contributed by atoms with van der Waals surface area (Å²) in [5.74, 6) is -0.449. The molecule has 8 heteroatoms. The molecule has 2 aromatic heterocycles. The predicted molar refractivity (Wildman–Crippen MR) is 72.2 cm³/mol. The second kappa shape index (κ2) is 6.28. The average molecular weight is 308 g/mol. The molecule has 0 aliphatic heterocycles. The van der Waals surface area contributed by atoms with Crippen molar-refractivity contribution < 1.29 is 4.79 Å². The van der Waals surface area contributed by atoms with Gasteiger partial charge < -0.3 is 5.32 Å². The minimum atomic E-state index is -0.449. The van der Waals surface area contributed by atoms with E-state index < -0.39 is 5.91 Å². The average Bonchev–Trinajstić information content (AvgIpc) is 2.46. The van der Waals surface area contributed by atoms with Gasteiger partial charge in [-0.3, -0.25) is 9.78 Å². The molecule has 0 bridgehead atoms. The van der Waals surface area contributed by atoms with E-state index in [0.717, 1.165) is 0 Å². The highest BCUT2D eigenvalue weighted by Gasteiger charge is 2.14. The Morgan fingerprint density at radius 2 is 2.00 bits per heavy atom. The van der Waals surface area contributed by atoms with Crippen LogP contribution in [-0.4, -0.2) is 20.9 Å². The molecular weight excluding hydrogens is 301 g/mol. The summed E-state index contributed by atoms with van der Waals surface area (Å²) in [7, 11) is 0. The topological polar surface area (TPSA) is 91.6 Å². The van der Waals surface area contributed by atoms with E-state index in [-0.39, 0.29) is 28.0 Å². The number of hydrogen-bond acceptors (Lipinski definition) is 5. The molecule has 6 nitrogen and oxygen atoms in total. The minimum absolute atomic E-state index is 0.00291. The van der Waals surface area contributed by atoms with Crippen molar-refractivity contribution in [3.05, 3.63) is 51.8 Å². The van der Waals surface area contributed by atoms with E-state index in [1.807, 2.05) is 0 Å². The molecule has 2 rings (SSSR count). The van der Waals surface area contributed by atoms with Crippen molar-refractivity contribution in [2.75, 3.05) is 0 Å². The number of rotatable bonds is 3. The minimum Gasteiger partial charge on any atom is -0.346 e. The summed E-state index contributed by atoms with van der Waals surface area (Å²) in [5, 5.41) is 11.6. The first-order chi connectivity index (χ1) is 9.63. The van der Waals surface area contributed by atoms with Crippen LogP contribution in [0.5, 0.6) is 0 Å². The van der Waals surface area contributed by atoms with E-state index in [1.54, 1.807) is 6.07 Å². The number of nitrogens with zero attached hydrogens (tertiary/aromatic N) is 4. The normalized spacial score (nSPS) is 9.85. The molecule has 0 aliphatic rings. The lowest BCUT2D eigenvalue weighted by molar-refractivity contribution is 0.0950. The Morgan fingerprint density at radius 3 is 2.70 bits per heavy atom. The van der Waals surface area contributed by atoms with Crippen molar-refractivity contribution in [2.24, 2.45) is 0 Å². The van der Waals surface area contributed by atoms with Gasteiger partial charge in [0.25, 0.3) is 5.91 Å². The van der Waals surface area contributed by atoms with Gasteiger partial charge >= 0.3 is 0 Å². The standard InChI is InChI=1S/C12H7Cl2N5O/c13-10-7(1-2-16-8(10)5-15)12(20)19-6-9-11(14)18-4-3-17-9/h1-4H,6H2,(H,19,20). The van der Waals surface area contributed by atoms with Crippen molar-refractivity contribution in [3.63, 3.8) is 0 Å². The highest BCUT2D eigenvalue weighted by atomic mass is 35.5. The van der Waals surface area contributed by atoms with Crippen LogP contribution in [0, 0.1) is 11.3 Å². The maximum absolute atomic E-state index is 12.0. The molecule has 1 amide bonds. The van der Waals surface area contributed by atoms with E-state index >= 15 is 0 Å². The van der Waals surface area contributed by atoms with Gasteiger partial charge in [-0.2, -0.15) is 5.26 Å². The van der Waals surface area contributed by atoms with Crippen molar-refractivity contribution in [1.82, 2.24) is 20.3 Å². The smallest absolute Gasteiger partial charge is 0.253 e. The molecule has 0 saturated heterocycles. The molecule has 0 spiro atoms. The van der Waals surface area contributed by atoms with Crippen LogP contribution >= 0.6 is 23.2 Å². The molecule has 2 aromatic rings. The third kappa shape index (κ3) is 3.02. The summed E-state index contributed by atoms with van der Waals surface area (Å²) in [4.78, 5) is 23.6. The third-order valence-electron chi connectivity index (χ3n) is 2.38. The molecule has 2 heterocycles. The van der Waals surface area contributed by atoms with Crippen LogP contribution in [-0.2, 0) is 6.54 Å². The van der Waals surface area contributed by atoms with Crippen molar-refractivity contribution in [2.45, 2.75) is 6.54 Å². The van der Waals surface area contributed by atoms with Crippen molar-refractivity contribution in [3.8, 4) is 6.07 Å². The molecule has 0 fully saturated rings. The lowest BCUT2D eigenvalue weighted by Crippen LogP contribution is -2.24. The molecule has 0 aliphatic carbocycles. The van der Waals surface area contributed by atoms with Gasteiger partial charge in [-0.1, -0.05) is 23.2 Å². The van der Waals surface area contributed by atoms with E-state index in [9.17, 15) is 4.79 Å². The Morgan fingerprint density at radius 1 is 1.25 bits per heavy atom. The second-order valence-electron chi connectivity index (χ2n) is 3.61. The Balaban J connectivity index is 2.14. The number of aromatic nitrogens is 3. The molecule has 100 valence electrons.